The summed E-state index contributed by atoms with van der Waals surface area (Å²) in [6.07, 6.45) is -2.05. The SMILES string of the molecule is O=C(O)[C@@H]1CN(Cc2ccc(C3CC3)cc2)C[C@H]1C(F)(F)F. The number of hydrogen-bond acceptors (Lipinski definition) is 2. The van der Waals surface area contributed by atoms with Gasteiger partial charge in [0.15, 0.2) is 0 Å². The van der Waals surface area contributed by atoms with Gasteiger partial charge in [0.05, 0.1) is 11.8 Å². The molecular weight excluding hydrogens is 295 g/mol. The van der Waals surface area contributed by atoms with Crippen molar-refractivity contribution in [2.45, 2.75) is 31.5 Å². The van der Waals surface area contributed by atoms with Crippen LogP contribution in [0.5, 0.6) is 0 Å². The number of carboxylic acid groups (broad SMARTS) is 1. The lowest BCUT2D eigenvalue weighted by Crippen LogP contribution is -2.33. The predicted molar refractivity (Wildman–Crippen MR) is 74.4 cm³/mol. The van der Waals surface area contributed by atoms with E-state index in [1.165, 1.54) is 18.4 Å². The van der Waals surface area contributed by atoms with Gasteiger partial charge in [0, 0.05) is 19.6 Å². The van der Waals surface area contributed by atoms with E-state index in [1.54, 1.807) is 4.90 Å². The Morgan fingerprint density at radius 3 is 2.27 bits per heavy atom. The summed E-state index contributed by atoms with van der Waals surface area (Å²) in [6, 6.07) is 7.92. The van der Waals surface area contributed by atoms with Crippen molar-refractivity contribution in [3.63, 3.8) is 0 Å². The van der Waals surface area contributed by atoms with E-state index in [9.17, 15) is 18.0 Å². The molecule has 0 spiro atoms. The van der Waals surface area contributed by atoms with Crippen molar-refractivity contribution in [2.24, 2.45) is 11.8 Å². The Kier molecular flexibility index (Phi) is 3.89. The highest BCUT2D eigenvalue weighted by Gasteiger charge is 2.52. The molecular formula is C16H18F3NO2. The highest BCUT2D eigenvalue weighted by atomic mass is 19.4. The number of hydrogen-bond donors (Lipinski definition) is 1. The molecule has 0 amide bonds. The fraction of sp³-hybridized carbons (Fsp3) is 0.562. The maximum Gasteiger partial charge on any atom is 0.393 e. The molecule has 120 valence electrons. The third kappa shape index (κ3) is 3.27. The maximum atomic E-state index is 12.9. The van der Waals surface area contributed by atoms with Gasteiger partial charge < -0.3 is 5.11 Å². The van der Waals surface area contributed by atoms with Crippen LogP contribution in [0.4, 0.5) is 13.2 Å². The maximum absolute atomic E-state index is 12.9. The minimum Gasteiger partial charge on any atom is -0.481 e. The Morgan fingerprint density at radius 2 is 1.82 bits per heavy atom. The summed E-state index contributed by atoms with van der Waals surface area (Å²) in [5.74, 6) is -3.87. The van der Waals surface area contributed by atoms with Gasteiger partial charge in [0.2, 0.25) is 0 Å². The second-order valence-corrected chi connectivity index (χ2v) is 6.30. The highest BCUT2D eigenvalue weighted by Crippen LogP contribution is 2.40. The fourth-order valence-electron chi connectivity index (χ4n) is 3.17. The number of alkyl halides is 3. The normalized spacial score (nSPS) is 26.3. The van der Waals surface area contributed by atoms with Crippen molar-refractivity contribution in [3.8, 4) is 0 Å². The van der Waals surface area contributed by atoms with Crippen LogP contribution in [0.1, 0.15) is 29.9 Å². The number of benzene rings is 1. The monoisotopic (exact) mass is 313 g/mol. The van der Waals surface area contributed by atoms with Crippen LogP contribution in [-0.2, 0) is 11.3 Å². The van der Waals surface area contributed by atoms with Crippen LogP contribution in [0.2, 0.25) is 0 Å². The van der Waals surface area contributed by atoms with E-state index in [1.807, 2.05) is 24.3 Å². The Hall–Kier alpha value is -1.56. The molecule has 2 fully saturated rings. The zero-order valence-corrected chi connectivity index (χ0v) is 12.0. The van der Waals surface area contributed by atoms with Gasteiger partial charge in [-0.1, -0.05) is 24.3 Å². The van der Waals surface area contributed by atoms with Crippen molar-refractivity contribution in [2.75, 3.05) is 13.1 Å². The van der Waals surface area contributed by atoms with Crippen LogP contribution < -0.4 is 0 Å². The topological polar surface area (TPSA) is 40.5 Å². The number of carbonyl (C=O) groups is 1. The average Bonchev–Trinajstić information content (AvgIpc) is 3.18. The minimum atomic E-state index is -4.46. The first-order chi connectivity index (χ1) is 10.3. The average molecular weight is 313 g/mol. The zero-order chi connectivity index (χ0) is 15.9. The van der Waals surface area contributed by atoms with Crippen molar-refractivity contribution in [1.82, 2.24) is 4.90 Å². The largest absolute Gasteiger partial charge is 0.481 e. The van der Waals surface area contributed by atoms with Gasteiger partial charge in [-0.15, -0.1) is 0 Å². The van der Waals surface area contributed by atoms with Gasteiger partial charge in [0.1, 0.15) is 0 Å². The molecule has 3 nitrogen and oxygen atoms in total. The van der Waals surface area contributed by atoms with Gasteiger partial charge in [-0.05, 0) is 29.9 Å². The Labute approximate surface area is 126 Å². The van der Waals surface area contributed by atoms with E-state index >= 15 is 0 Å². The van der Waals surface area contributed by atoms with E-state index in [-0.39, 0.29) is 13.1 Å². The van der Waals surface area contributed by atoms with E-state index < -0.39 is 24.0 Å². The number of rotatable bonds is 4. The quantitative estimate of drug-likeness (QED) is 0.927. The first-order valence-electron chi connectivity index (χ1n) is 7.45. The summed E-state index contributed by atoms with van der Waals surface area (Å²) in [5.41, 5.74) is 2.21. The number of likely N-dealkylation sites (tertiary alicyclic amines) is 1. The molecule has 1 saturated carbocycles. The van der Waals surface area contributed by atoms with Crippen molar-refractivity contribution in [1.29, 1.82) is 0 Å². The summed E-state index contributed by atoms with van der Waals surface area (Å²) in [5, 5.41) is 9.01. The molecule has 0 unspecified atom stereocenters. The molecule has 1 saturated heterocycles. The van der Waals surface area contributed by atoms with Crippen molar-refractivity contribution >= 4 is 5.97 Å². The summed E-state index contributed by atoms with van der Waals surface area (Å²) in [6.45, 7) is 0.0655. The summed E-state index contributed by atoms with van der Waals surface area (Å²) in [4.78, 5) is 12.6. The molecule has 22 heavy (non-hydrogen) atoms. The number of carboxylic acids is 1. The summed E-state index contributed by atoms with van der Waals surface area (Å²) in [7, 11) is 0. The van der Waals surface area contributed by atoms with Crippen molar-refractivity contribution in [3.05, 3.63) is 35.4 Å². The Balaban J connectivity index is 1.66. The van der Waals surface area contributed by atoms with Crippen LogP contribution in [0.3, 0.4) is 0 Å². The molecule has 1 N–H and O–H groups in total. The van der Waals surface area contributed by atoms with Gasteiger partial charge in [-0.3, -0.25) is 9.69 Å². The van der Waals surface area contributed by atoms with E-state index in [2.05, 4.69) is 0 Å². The number of nitrogens with zero attached hydrogens (tertiary/aromatic N) is 1. The first-order valence-corrected chi connectivity index (χ1v) is 7.45. The molecule has 0 bridgehead atoms. The number of halogens is 3. The lowest BCUT2D eigenvalue weighted by Gasteiger charge is -2.18. The second kappa shape index (κ2) is 5.57. The smallest absolute Gasteiger partial charge is 0.393 e. The molecule has 1 aliphatic carbocycles. The number of aliphatic carboxylic acids is 1. The van der Waals surface area contributed by atoms with E-state index in [4.69, 9.17) is 5.11 Å². The van der Waals surface area contributed by atoms with Crippen LogP contribution in [-0.4, -0.2) is 35.2 Å². The van der Waals surface area contributed by atoms with Gasteiger partial charge in [-0.2, -0.15) is 13.2 Å². The predicted octanol–water partition coefficient (Wildman–Crippen LogP) is 3.26. The first kappa shape index (κ1) is 15.3. The van der Waals surface area contributed by atoms with Crippen LogP contribution in [0, 0.1) is 11.8 Å². The lowest BCUT2D eigenvalue weighted by molar-refractivity contribution is -0.188. The molecule has 1 aliphatic heterocycles. The Morgan fingerprint density at radius 1 is 1.18 bits per heavy atom. The van der Waals surface area contributed by atoms with E-state index in [0.29, 0.717) is 12.5 Å². The third-order valence-electron chi connectivity index (χ3n) is 4.57. The van der Waals surface area contributed by atoms with Gasteiger partial charge >= 0.3 is 12.1 Å². The molecule has 0 aromatic heterocycles. The fourth-order valence-corrected chi connectivity index (χ4v) is 3.17. The molecule has 0 radical (unpaired) electrons. The zero-order valence-electron chi connectivity index (χ0n) is 12.0. The van der Waals surface area contributed by atoms with Gasteiger partial charge in [0.25, 0.3) is 0 Å². The highest BCUT2D eigenvalue weighted by molar-refractivity contribution is 5.71. The van der Waals surface area contributed by atoms with E-state index in [0.717, 1.165) is 5.56 Å². The molecule has 2 aliphatic rings. The third-order valence-corrected chi connectivity index (χ3v) is 4.57. The Bertz CT molecular complexity index is 552. The minimum absolute atomic E-state index is 0.0517. The van der Waals surface area contributed by atoms with Crippen LogP contribution >= 0.6 is 0 Å². The van der Waals surface area contributed by atoms with Crippen LogP contribution in [0.15, 0.2) is 24.3 Å². The molecule has 1 heterocycles. The molecule has 3 rings (SSSR count). The second-order valence-electron chi connectivity index (χ2n) is 6.30. The van der Waals surface area contributed by atoms with Crippen LogP contribution in [0.25, 0.3) is 0 Å². The molecule has 1 aromatic rings. The summed E-state index contributed by atoms with van der Waals surface area (Å²) >= 11 is 0. The van der Waals surface area contributed by atoms with Gasteiger partial charge in [-0.25, -0.2) is 0 Å². The molecule has 2 atom stereocenters. The van der Waals surface area contributed by atoms with Crippen molar-refractivity contribution < 1.29 is 23.1 Å². The standard InChI is InChI=1S/C16H18F3NO2/c17-16(18,19)14-9-20(8-13(14)15(21)22)7-10-1-3-11(4-2-10)12-5-6-12/h1-4,12-14H,5-9H2,(H,21,22)/t13-,14-/m1/s1. The summed E-state index contributed by atoms with van der Waals surface area (Å²) < 4.78 is 38.8. The lowest BCUT2D eigenvalue weighted by atomic mass is 9.96. The molecule has 1 aromatic carbocycles. The molecule has 6 heteroatoms.